The SMILES string of the molecule is COCOCN(COCOC)Cc1ccccc1. The van der Waals surface area contributed by atoms with Gasteiger partial charge >= 0.3 is 0 Å². The summed E-state index contributed by atoms with van der Waals surface area (Å²) in [5, 5.41) is 0. The Morgan fingerprint density at radius 2 is 1.44 bits per heavy atom. The summed E-state index contributed by atoms with van der Waals surface area (Å²) >= 11 is 0. The summed E-state index contributed by atoms with van der Waals surface area (Å²) < 4.78 is 20.4. The highest BCUT2D eigenvalue weighted by Gasteiger charge is 2.06. The molecule has 0 atom stereocenters. The van der Waals surface area contributed by atoms with Gasteiger partial charge in [-0.3, -0.25) is 4.90 Å². The van der Waals surface area contributed by atoms with Crippen LogP contribution >= 0.6 is 0 Å². The van der Waals surface area contributed by atoms with Crippen molar-refractivity contribution in [3.8, 4) is 0 Å². The second-order valence-electron chi connectivity index (χ2n) is 3.79. The summed E-state index contributed by atoms with van der Waals surface area (Å²) in [6.45, 7) is 2.21. The van der Waals surface area contributed by atoms with Crippen molar-refractivity contribution in [1.82, 2.24) is 4.90 Å². The van der Waals surface area contributed by atoms with Crippen LogP contribution in [0.4, 0.5) is 0 Å². The molecule has 1 aromatic rings. The maximum Gasteiger partial charge on any atom is 0.148 e. The molecule has 5 nitrogen and oxygen atoms in total. The maximum atomic E-state index is 5.33. The monoisotopic (exact) mass is 255 g/mol. The molecule has 0 aliphatic heterocycles. The molecule has 0 aliphatic carbocycles. The Hall–Kier alpha value is -0.980. The minimum absolute atomic E-state index is 0.273. The fourth-order valence-corrected chi connectivity index (χ4v) is 1.47. The van der Waals surface area contributed by atoms with Gasteiger partial charge in [-0.25, -0.2) is 0 Å². The molecule has 1 rings (SSSR count). The van der Waals surface area contributed by atoms with Gasteiger partial charge in [-0.05, 0) is 5.56 Å². The molecule has 0 saturated carbocycles. The molecular formula is C13H21NO4. The van der Waals surface area contributed by atoms with Crippen molar-refractivity contribution in [1.29, 1.82) is 0 Å². The molecule has 0 aliphatic rings. The van der Waals surface area contributed by atoms with Crippen molar-refractivity contribution in [2.75, 3.05) is 41.3 Å². The Kier molecular flexibility index (Phi) is 8.37. The quantitative estimate of drug-likeness (QED) is 0.469. The van der Waals surface area contributed by atoms with E-state index in [0.29, 0.717) is 13.5 Å². The van der Waals surface area contributed by atoms with E-state index in [4.69, 9.17) is 18.9 Å². The number of benzene rings is 1. The van der Waals surface area contributed by atoms with E-state index in [9.17, 15) is 0 Å². The normalized spacial score (nSPS) is 11.1. The predicted octanol–water partition coefficient (Wildman–Crippen LogP) is 1.64. The van der Waals surface area contributed by atoms with Crippen molar-refractivity contribution in [2.24, 2.45) is 0 Å². The van der Waals surface area contributed by atoms with E-state index in [0.717, 1.165) is 6.54 Å². The molecule has 0 radical (unpaired) electrons. The minimum atomic E-state index is 0.273. The van der Waals surface area contributed by atoms with E-state index in [-0.39, 0.29) is 13.6 Å². The van der Waals surface area contributed by atoms with Crippen LogP contribution in [0, 0.1) is 0 Å². The van der Waals surface area contributed by atoms with Crippen LogP contribution in [-0.2, 0) is 25.5 Å². The zero-order chi connectivity index (χ0) is 13.1. The molecule has 0 N–H and O–H groups in total. The van der Waals surface area contributed by atoms with Crippen molar-refractivity contribution >= 4 is 0 Å². The van der Waals surface area contributed by atoms with E-state index in [2.05, 4.69) is 12.1 Å². The Morgan fingerprint density at radius 1 is 0.889 bits per heavy atom. The number of hydrogen-bond acceptors (Lipinski definition) is 5. The van der Waals surface area contributed by atoms with Gasteiger partial charge < -0.3 is 18.9 Å². The first-order chi connectivity index (χ1) is 8.86. The van der Waals surface area contributed by atoms with Crippen LogP contribution in [-0.4, -0.2) is 46.2 Å². The van der Waals surface area contributed by atoms with Crippen molar-refractivity contribution in [3.05, 3.63) is 35.9 Å². The lowest BCUT2D eigenvalue weighted by Gasteiger charge is -2.21. The summed E-state index contributed by atoms with van der Waals surface area (Å²) in [5.41, 5.74) is 1.21. The lowest BCUT2D eigenvalue weighted by molar-refractivity contribution is -0.127. The zero-order valence-corrected chi connectivity index (χ0v) is 11.0. The lowest BCUT2D eigenvalue weighted by atomic mass is 10.2. The molecule has 0 fully saturated rings. The van der Waals surface area contributed by atoms with E-state index >= 15 is 0 Å². The number of nitrogens with zero attached hydrogens (tertiary/aromatic N) is 1. The lowest BCUT2D eigenvalue weighted by Crippen LogP contribution is -2.29. The Labute approximate surface area is 108 Å². The minimum Gasteiger partial charge on any atom is -0.359 e. The predicted molar refractivity (Wildman–Crippen MR) is 67.6 cm³/mol. The molecular weight excluding hydrogens is 234 g/mol. The van der Waals surface area contributed by atoms with Gasteiger partial charge in [-0.2, -0.15) is 0 Å². The van der Waals surface area contributed by atoms with E-state index in [1.165, 1.54) is 5.56 Å². The molecule has 0 amide bonds. The molecule has 5 heteroatoms. The highest BCUT2D eigenvalue weighted by molar-refractivity contribution is 5.14. The average Bonchev–Trinajstić information content (AvgIpc) is 2.40. The van der Waals surface area contributed by atoms with Gasteiger partial charge in [0.1, 0.15) is 27.0 Å². The Morgan fingerprint density at radius 3 is 1.94 bits per heavy atom. The third-order valence-corrected chi connectivity index (χ3v) is 2.20. The van der Waals surface area contributed by atoms with Gasteiger partial charge in [0.15, 0.2) is 0 Å². The number of hydrogen-bond donors (Lipinski definition) is 0. The fraction of sp³-hybridized carbons (Fsp3) is 0.538. The molecule has 0 saturated heterocycles. The van der Waals surface area contributed by atoms with E-state index in [1.807, 2.05) is 23.1 Å². The first-order valence-electron chi connectivity index (χ1n) is 5.76. The van der Waals surface area contributed by atoms with Gasteiger partial charge in [-0.1, -0.05) is 30.3 Å². The molecule has 0 aromatic heterocycles. The second kappa shape index (κ2) is 9.99. The van der Waals surface area contributed by atoms with Crippen LogP contribution in [0.5, 0.6) is 0 Å². The number of methoxy groups -OCH3 is 2. The molecule has 0 bridgehead atoms. The van der Waals surface area contributed by atoms with Crippen molar-refractivity contribution < 1.29 is 18.9 Å². The fourth-order valence-electron chi connectivity index (χ4n) is 1.47. The van der Waals surface area contributed by atoms with Crippen LogP contribution in [0.25, 0.3) is 0 Å². The first-order valence-corrected chi connectivity index (χ1v) is 5.76. The Bertz CT molecular complexity index is 284. The smallest absolute Gasteiger partial charge is 0.148 e. The summed E-state index contributed by atoms with van der Waals surface area (Å²) in [6, 6.07) is 10.2. The van der Waals surface area contributed by atoms with E-state index in [1.54, 1.807) is 14.2 Å². The highest BCUT2D eigenvalue weighted by atomic mass is 16.7. The Balaban J connectivity index is 2.37. The first kappa shape index (κ1) is 15.1. The summed E-state index contributed by atoms with van der Waals surface area (Å²) in [7, 11) is 3.20. The van der Waals surface area contributed by atoms with Crippen LogP contribution in [0.2, 0.25) is 0 Å². The molecule has 1 aromatic carbocycles. The third-order valence-electron chi connectivity index (χ3n) is 2.20. The average molecular weight is 255 g/mol. The number of rotatable bonds is 10. The largest absolute Gasteiger partial charge is 0.359 e. The maximum absolute atomic E-state index is 5.33. The summed E-state index contributed by atoms with van der Waals surface area (Å²) in [4.78, 5) is 2.02. The van der Waals surface area contributed by atoms with Crippen molar-refractivity contribution in [3.63, 3.8) is 0 Å². The molecule has 0 unspecified atom stereocenters. The van der Waals surface area contributed by atoms with Crippen LogP contribution in [0.1, 0.15) is 5.56 Å². The van der Waals surface area contributed by atoms with Gasteiger partial charge in [-0.15, -0.1) is 0 Å². The summed E-state index contributed by atoms with van der Waals surface area (Å²) in [6.07, 6.45) is 0. The van der Waals surface area contributed by atoms with Crippen LogP contribution in [0.3, 0.4) is 0 Å². The molecule has 0 spiro atoms. The zero-order valence-electron chi connectivity index (χ0n) is 11.0. The summed E-state index contributed by atoms with van der Waals surface area (Å²) in [5.74, 6) is 0. The number of ether oxygens (including phenoxy) is 4. The molecule has 0 heterocycles. The van der Waals surface area contributed by atoms with Gasteiger partial charge in [0.2, 0.25) is 0 Å². The van der Waals surface area contributed by atoms with Crippen LogP contribution in [0.15, 0.2) is 30.3 Å². The van der Waals surface area contributed by atoms with Crippen LogP contribution < -0.4 is 0 Å². The van der Waals surface area contributed by atoms with Crippen molar-refractivity contribution in [2.45, 2.75) is 6.54 Å². The second-order valence-corrected chi connectivity index (χ2v) is 3.79. The molecule has 102 valence electrons. The van der Waals surface area contributed by atoms with Gasteiger partial charge in [0, 0.05) is 20.8 Å². The standard InChI is InChI=1S/C13H21NO4/c1-15-11-17-9-14(10-18-12-16-2)8-13-6-4-3-5-7-13/h3-7H,8-12H2,1-2H3. The van der Waals surface area contributed by atoms with Gasteiger partial charge in [0.05, 0.1) is 0 Å². The third kappa shape index (κ3) is 6.68. The molecule has 18 heavy (non-hydrogen) atoms. The van der Waals surface area contributed by atoms with Gasteiger partial charge in [0.25, 0.3) is 0 Å². The topological polar surface area (TPSA) is 40.2 Å². The highest BCUT2D eigenvalue weighted by Crippen LogP contribution is 2.04. The van der Waals surface area contributed by atoms with E-state index < -0.39 is 0 Å².